The van der Waals surface area contributed by atoms with Gasteiger partial charge in [-0.2, -0.15) is 0 Å². The van der Waals surface area contributed by atoms with Gasteiger partial charge in [0.2, 0.25) is 0 Å². The predicted octanol–water partition coefficient (Wildman–Crippen LogP) is 7.47. The van der Waals surface area contributed by atoms with Gasteiger partial charge in [-0.25, -0.2) is 4.79 Å². The molecule has 3 N–H and O–H groups in total. The normalized spacial score (nSPS) is 15.7. The van der Waals surface area contributed by atoms with E-state index in [1.54, 1.807) is 42.5 Å². The van der Waals surface area contributed by atoms with Crippen LogP contribution in [0.25, 0.3) is 10.8 Å². The Morgan fingerprint density at radius 2 is 1.32 bits per heavy atom. The van der Waals surface area contributed by atoms with Crippen LogP contribution in [0.3, 0.4) is 0 Å². The highest BCUT2D eigenvalue weighted by atomic mass is 16.5. The first-order chi connectivity index (χ1) is 22.9. The lowest BCUT2D eigenvalue weighted by molar-refractivity contribution is -0.124. The van der Waals surface area contributed by atoms with Gasteiger partial charge in [0.1, 0.15) is 23.0 Å². The Hall–Kier alpha value is -5.83. The molecule has 0 bridgehead atoms. The first-order valence-corrected chi connectivity index (χ1v) is 15.5. The Morgan fingerprint density at radius 1 is 0.681 bits per heavy atom. The molecule has 0 unspecified atom stereocenters. The van der Waals surface area contributed by atoms with Crippen LogP contribution in [0.15, 0.2) is 115 Å². The number of nitrogens with one attached hydrogen (secondary N) is 2. The van der Waals surface area contributed by atoms with Crippen LogP contribution in [0.4, 0.5) is 5.69 Å². The number of fused-ring (bicyclic) bond motifs is 1. The number of carboxylic acids is 1. The quantitative estimate of drug-likeness (QED) is 0.138. The molecule has 1 aliphatic rings. The molecule has 1 aliphatic carbocycles. The second-order valence-electron chi connectivity index (χ2n) is 11.4. The summed E-state index contributed by atoms with van der Waals surface area (Å²) in [5.74, 6) is 1.04. The van der Waals surface area contributed by atoms with Crippen molar-refractivity contribution >= 4 is 34.2 Å². The minimum atomic E-state index is -1.11. The average molecular weight is 631 g/mol. The third-order valence-corrected chi connectivity index (χ3v) is 8.00. The molecule has 0 heterocycles. The van der Waals surface area contributed by atoms with E-state index in [0.29, 0.717) is 22.8 Å². The molecule has 238 valence electrons. The van der Waals surface area contributed by atoms with Crippen LogP contribution < -0.4 is 24.8 Å². The maximum Gasteiger partial charge on any atom is 0.337 e. The van der Waals surface area contributed by atoms with Crippen LogP contribution in [0.1, 0.15) is 46.4 Å². The Bertz CT molecular complexity index is 1870. The van der Waals surface area contributed by atoms with Crippen LogP contribution in [0, 0.1) is 0 Å². The molecule has 1 fully saturated rings. The number of para-hydroxylation sites is 2. The second kappa shape index (κ2) is 14.5. The van der Waals surface area contributed by atoms with Crippen molar-refractivity contribution < 1.29 is 33.7 Å². The number of aromatic carboxylic acids is 1. The monoisotopic (exact) mass is 630 g/mol. The van der Waals surface area contributed by atoms with Crippen molar-refractivity contribution in [1.29, 1.82) is 0 Å². The van der Waals surface area contributed by atoms with E-state index in [0.717, 1.165) is 42.2 Å². The molecule has 5 aromatic rings. The van der Waals surface area contributed by atoms with Crippen LogP contribution in [-0.2, 0) is 4.79 Å². The number of carboxylic acid groups (broad SMARTS) is 1. The van der Waals surface area contributed by atoms with Crippen LogP contribution >= 0.6 is 0 Å². The van der Waals surface area contributed by atoms with Gasteiger partial charge >= 0.3 is 5.97 Å². The van der Waals surface area contributed by atoms with E-state index >= 15 is 0 Å². The smallest absolute Gasteiger partial charge is 0.337 e. The van der Waals surface area contributed by atoms with Gasteiger partial charge in [0.25, 0.3) is 11.8 Å². The minimum Gasteiger partial charge on any atom is -0.490 e. The van der Waals surface area contributed by atoms with Gasteiger partial charge in [0.15, 0.2) is 6.61 Å². The number of ether oxygens (including phenoxy) is 3. The molecule has 0 radical (unpaired) electrons. The molecule has 6 rings (SSSR count). The van der Waals surface area contributed by atoms with Gasteiger partial charge < -0.3 is 30.0 Å². The zero-order valence-electron chi connectivity index (χ0n) is 25.6. The number of carbonyl (C=O) groups excluding carboxylic acids is 2. The first-order valence-electron chi connectivity index (χ1n) is 15.5. The van der Waals surface area contributed by atoms with Gasteiger partial charge in [-0.3, -0.25) is 9.59 Å². The summed E-state index contributed by atoms with van der Waals surface area (Å²) in [6.07, 6.45) is 3.48. The van der Waals surface area contributed by atoms with E-state index in [1.165, 1.54) is 6.07 Å². The van der Waals surface area contributed by atoms with Crippen LogP contribution in [0.5, 0.6) is 23.0 Å². The maximum atomic E-state index is 12.7. The standard InChI is InChI=1S/C38H34N2O7/c41-36(24-45-29-6-2-1-3-7-29)39-28-14-20-31(21-15-28)47-33-19-13-26-22-32(18-12-27(26)23-33)46-30-16-10-25(11-17-30)37(42)40-35-9-5-4-8-34(35)38(43)44/h1-13,16-19,22-23,28,31H,14-15,20-21,24H2,(H,39,41)(H,40,42)(H,43,44). The van der Waals surface area contributed by atoms with E-state index in [-0.39, 0.29) is 35.9 Å². The molecule has 9 nitrogen and oxygen atoms in total. The van der Waals surface area contributed by atoms with Gasteiger partial charge in [-0.15, -0.1) is 0 Å². The fraction of sp³-hybridized carbons (Fsp3) is 0.184. The highest BCUT2D eigenvalue weighted by Crippen LogP contribution is 2.30. The van der Waals surface area contributed by atoms with Crippen molar-refractivity contribution in [1.82, 2.24) is 5.32 Å². The fourth-order valence-corrected chi connectivity index (χ4v) is 5.57. The molecule has 1 saturated carbocycles. The lowest BCUT2D eigenvalue weighted by atomic mass is 9.93. The zero-order chi connectivity index (χ0) is 32.6. The summed E-state index contributed by atoms with van der Waals surface area (Å²) >= 11 is 0. The molecular weight excluding hydrogens is 596 g/mol. The fourth-order valence-electron chi connectivity index (χ4n) is 5.57. The highest BCUT2D eigenvalue weighted by Gasteiger charge is 2.24. The van der Waals surface area contributed by atoms with Crippen molar-refractivity contribution in [2.45, 2.75) is 37.8 Å². The third kappa shape index (κ3) is 8.26. The Balaban J connectivity index is 0.983. The molecule has 2 amide bonds. The van der Waals surface area contributed by atoms with E-state index in [9.17, 15) is 19.5 Å². The van der Waals surface area contributed by atoms with E-state index in [2.05, 4.69) is 10.6 Å². The topological polar surface area (TPSA) is 123 Å². The summed E-state index contributed by atoms with van der Waals surface area (Å²) in [4.78, 5) is 36.5. The van der Waals surface area contributed by atoms with Crippen molar-refractivity contribution in [3.63, 3.8) is 0 Å². The molecule has 47 heavy (non-hydrogen) atoms. The Kier molecular flexibility index (Phi) is 9.62. The predicted molar refractivity (Wildman–Crippen MR) is 179 cm³/mol. The molecular formula is C38H34N2O7. The summed E-state index contributed by atoms with van der Waals surface area (Å²) in [5, 5.41) is 17.1. The maximum absolute atomic E-state index is 12.7. The SMILES string of the molecule is O=C(COc1ccccc1)NC1CCC(Oc2ccc3cc(Oc4ccc(C(=O)Nc5ccccc5C(=O)O)cc4)ccc3c2)CC1. The molecule has 0 atom stereocenters. The molecule has 0 aromatic heterocycles. The number of amides is 2. The number of rotatable bonds is 11. The number of hydrogen-bond acceptors (Lipinski definition) is 6. The summed E-state index contributed by atoms with van der Waals surface area (Å²) < 4.78 is 17.9. The number of hydrogen-bond donors (Lipinski definition) is 3. The molecule has 9 heteroatoms. The number of anilines is 1. The highest BCUT2D eigenvalue weighted by molar-refractivity contribution is 6.07. The van der Waals surface area contributed by atoms with E-state index in [1.807, 2.05) is 66.7 Å². The van der Waals surface area contributed by atoms with Gasteiger partial charge in [-0.05, 0) is 109 Å². The average Bonchev–Trinajstić information content (AvgIpc) is 3.09. The van der Waals surface area contributed by atoms with Crippen LogP contribution in [0.2, 0.25) is 0 Å². The van der Waals surface area contributed by atoms with Gasteiger partial charge in [0, 0.05) is 11.6 Å². The Labute approximate surface area is 272 Å². The molecule has 0 saturated heterocycles. The molecule has 0 spiro atoms. The number of carbonyl (C=O) groups is 3. The van der Waals surface area contributed by atoms with E-state index < -0.39 is 11.9 Å². The molecule has 0 aliphatic heterocycles. The summed E-state index contributed by atoms with van der Waals surface area (Å²) in [5.41, 5.74) is 0.621. The lowest BCUT2D eigenvalue weighted by Gasteiger charge is -2.29. The van der Waals surface area contributed by atoms with E-state index in [4.69, 9.17) is 14.2 Å². The van der Waals surface area contributed by atoms with Crippen molar-refractivity contribution in [2.75, 3.05) is 11.9 Å². The largest absolute Gasteiger partial charge is 0.490 e. The number of benzene rings is 5. The summed E-state index contributed by atoms with van der Waals surface area (Å²) in [6.45, 7) is 0.00267. The zero-order valence-corrected chi connectivity index (χ0v) is 25.6. The lowest BCUT2D eigenvalue weighted by Crippen LogP contribution is -2.41. The molecule has 5 aromatic carbocycles. The van der Waals surface area contributed by atoms with Crippen molar-refractivity contribution in [2.24, 2.45) is 0 Å². The summed E-state index contributed by atoms with van der Waals surface area (Å²) in [6, 6.07) is 34.1. The third-order valence-electron chi connectivity index (χ3n) is 8.00. The minimum absolute atomic E-state index is 0.00267. The first kappa shape index (κ1) is 31.2. The summed E-state index contributed by atoms with van der Waals surface area (Å²) in [7, 11) is 0. The van der Waals surface area contributed by atoms with Gasteiger partial charge in [-0.1, -0.05) is 42.5 Å². The van der Waals surface area contributed by atoms with Crippen molar-refractivity contribution in [3.8, 4) is 23.0 Å². The van der Waals surface area contributed by atoms with Crippen molar-refractivity contribution in [3.05, 3.63) is 126 Å². The Morgan fingerprint density at radius 3 is 2.04 bits per heavy atom. The van der Waals surface area contributed by atoms with Crippen LogP contribution in [-0.4, -0.2) is 41.6 Å². The second-order valence-corrected chi connectivity index (χ2v) is 11.4. The van der Waals surface area contributed by atoms with Gasteiger partial charge in [0.05, 0.1) is 17.4 Å².